The molecule has 0 aliphatic carbocycles. The van der Waals surface area contributed by atoms with Gasteiger partial charge in [0.15, 0.2) is 0 Å². The highest BCUT2D eigenvalue weighted by Gasteiger charge is 2.29. The van der Waals surface area contributed by atoms with Gasteiger partial charge in [-0.2, -0.15) is 26.7 Å². The normalized spacial score (nSPS) is 17.7. The average molecular weight is 311 g/mol. The van der Waals surface area contributed by atoms with Gasteiger partial charge in [0.1, 0.15) is 0 Å². The quantitative estimate of drug-likeness (QED) is 0.622. The summed E-state index contributed by atoms with van der Waals surface area (Å²) in [5.74, 6) is 8.38. The van der Waals surface area contributed by atoms with Gasteiger partial charge in [0.05, 0.1) is 0 Å². The molecule has 2 rings (SSSR count). The zero-order valence-corrected chi connectivity index (χ0v) is 14.1. The van der Waals surface area contributed by atoms with E-state index in [9.17, 15) is 0 Å². The molecule has 0 atom stereocenters. The van der Waals surface area contributed by atoms with E-state index < -0.39 is 0 Å². The Balaban J connectivity index is 2.32. The van der Waals surface area contributed by atoms with E-state index in [0.29, 0.717) is 17.8 Å². The number of nitrogen functional groups attached to an aromatic ring is 1. The smallest absolute Gasteiger partial charge is 0.243 e. The summed E-state index contributed by atoms with van der Waals surface area (Å²) in [6.07, 6.45) is 0. The van der Waals surface area contributed by atoms with Crippen molar-refractivity contribution in [3.05, 3.63) is 0 Å². The first-order chi connectivity index (χ1) is 9.99. The number of hydrogen-bond donors (Lipinski definition) is 2. The third-order valence-corrected chi connectivity index (χ3v) is 4.79. The van der Waals surface area contributed by atoms with Gasteiger partial charge in [0.2, 0.25) is 17.8 Å². The first kappa shape index (κ1) is 16.1. The van der Waals surface area contributed by atoms with Crippen LogP contribution in [0.2, 0.25) is 0 Å². The van der Waals surface area contributed by atoms with E-state index in [1.165, 1.54) is 0 Å². The molecule has 0 spiro atoms. The maximum atomic E-state index is 5.51. The Morgan fingerprint density at radius 1 is 1.29 bits per heavy atom. The van der Waals surface area contributed by atoms with Gasteiger partial charge in [-0.05, 0) is 27.7 Å². The maximum Gasteiger partial charge on any atom is 0.243 e. The first-order valence-electron chi connectivity index (χ1n) is 7.35. The third-order valence-electron chi connectivity index (χ3n) is 3.50. The van der Waals surface area contributed by atoms with Crippen molar-refractivity contribution in [1.82, 2.24) is 15.0 Å². The Kier molecular flexibility index (Phi) is 5.10. The van der Waals surface area contributed by atoms with Crippen molar-refractivity contribution in [1.29, 1.82) is 0 Å². The lowest BCUT2D eigenvalue weighted by Crippen LogP contribution is -2.44. The number of thioether (sulfide) groups is 1. The highest BCUT2D eigenvalue weighted by atomic mass is 32.2. The number of nitrogens with zero attached hydrogens (tertiary/aromatic N) is 5. The first-order valence-corrected chi connectivity index (χ1v) is 8.34. The number of nitrogens with one attached hydrogen (secondary N) is 1. The molecule has 1 aliphatic heterocycles. The van der Waals surface area contributed by atoms with E-state index in [4.69, 9.17) is 5.84 Å². The number of hydrazine groups is 1. The van der Waals surface area contributed by atoms with Crippen LogP contribution in [0.5, 0.6) is 0 Å². The fourth-order valence-corrected chi connectivity index (χ4v) is 3.51. The Bertz CT molecular complexity index is 476. The Labute approximate surface area is 130 Å². The van der Waals surface area contributed by atoms with Gasteiger partial charge in [-0.25, -0.2) is 5.84 Å². The molecule has 1 saturated heterocycles. The van der Waals surface area contributed by atoms with Gasteiger partial charge in [-0.1, -0.05) is 0 Å². The van der Waals surface area contributed by atoms with Crippen LogP contribution in [0, 0.1) is 0 Å². The second kappa shape index (κ2) is 6.65. The van der Waals surface area contributed by atoms with Crippen molar-refractivity contribution in [3.8, 4) is 0 Å². The summed E-state index contributed by atoms with van der Waals surface area (Å²) in [7, 11) is 0. The van der Waals surface area contributed by atoms with E-state index in [0.717, 1.165) is 31.9 Å². The summed E-state index contributed by atoms with van der Waals surface area (Å²) in [6.45, 7) is 12.2. The molecule has 1 aliphatic rings. The lowest BCUT2D eigenvalue weighted by atomic mass is 10.2. The number of aromatic nitrogens is 3. The molecular weight excluding hydrogens is 286 g/mol. The molecule has 0 amide bonds. The van der Waals surface area contributed by atoms with Crippen LogP contribution >= 0.6 is 11.8 Å². The Morgan fingerprint density at radius 3 is 2.57 bits per heavy atom. The fourth-order valence-electron chi connectivity index (χ4n) is 2.39. The fraction of sp³-hybridized carbons (Fsp3) is 0.769. The van der Waals surface area contributed by atoms with Crippen LogP contribution in [0.25, 0.3) is 0 Å². The van der Waals surface area contributed by atoms with Crippen LogP contribution < -0.4 is 21.1 Å². The molecule has 0 saturated carbocycles. The predicted octanol–water partition coefficient (Wildman–Crippen LogP) is 1.34. The molecule has 21 heavy (non-hydrogen) atoms. The van der Waals surface area contributed by atoms with Crippen LogP contribution in [-0.4, -0.2) is 51.6 Å². The molecule has 3 N–H and O–H groups in total. The zero-order valence-electron chi connectivity index (χ0n) is 13.3. The summed E-state index contributed by atoms with van der Waals surface area (Å²) in [6, 6.07) is 0. The van der Waals surface area contributed by atoms with E-state index in [2.05, 4.69) is 57.9 Å². The molecule has 1 fully saturated rings. The van der Waals surface area contributed by atoms with Crippen molar-refractivity contribution >= 4 is 29.6 Å². The topological polar surface area (TPSA) is 83.2 Å². The highest BCUT2D eigenvalue weighted by Crippen LogP contribution is 2.31. The number of rotatable bonds is 5. The molecule has 2 heterocycles. The minimum absolute atomic E-state index is 0.205. The zero-order chi connectivity index (χ0) is 15.5. The monoisotopic (exact) mass is 311 g/mol. The standard InChI is InChI=1S/C13H25N7S/c1-5-19(6-2)11-15-10(18-14)16-12(17-11)20-7-8-21-13(3,4)9-20/h5-9,14H2,1-4H3,(H,15,16,17,18). The van der Waals surface area contributed by atoms with Crippen molar-refractivity contribution < 1.29 is 0 Å². The molecule has 0 bridgehead atoms. The van der Waals surface area contributed by atoms with Crippen molar-refractivity contribution in [2.75, 3.05) is 47.2 Å². The van der Waals surface area contributed by atoms with Crippen LogP contribution in [0.1, 0.15) is 27.7 Å². The van der Waals surface area contributed by atoms with Crippen molar-refractivity contribution in [3.63, 3.8) is 0 Å². The molecule has 8 heteroatoms. The average Bonchev–Trinajstić information content (AvgIpc) is 2.47. The van der Waals surface area contributed by atoms with E-state index in [1.807, 2.05) is 11.8 Å². The summed E-state index contributed by atoms with van der Waals surface area (Å²) in [4.78, 5) is 17.7. The largest absolute Gasteiger partial charge is 0.341 e. The molecular formula is C13H25N7S. The summed E-state index contributed by atoms with van der Waals surface area (Å²) >= 11 is 1.98. The Hall–Kier alpha value is -1.28. The number of hydrogen-bond acceptors (Lipinski definition) is 8. The van der Waals surface area contributed by atoms with E-state index in [1.54, 1.807) is 0 Å². The highest BCUT2D eigenvalue weighted by molar-refractivity contribution is 8.00. The van der Waals surface area contributed by atoms with Gasteiger partial charge < -0.3 is 9.80 Å². The molecule has 0 radical (unpaired) electrons. The molecule has 0 unspecified atom stereocenters. The second-order valence-corrected chi connectivity index (χ2v) is 7.41. The van der Waals surface area contributed by atoms with Crippen molar-refractivity contribution in [2.45, 2.75) is 32.4 Å². The third kappa shape index (κ3) is 3.88. The van der Waals surface area contributed by atoms with Crippen LogP contribution in [0.3, 0.4) is 0 Å². The number of nitrogens with two attached hydrogens (primary N) is 1. The summed E-state index contributed by atoms with van der Waals surface area (Å²) in [5, 5.41) is 0. The van der Waals surface area contributed by atoms with E-state index >= 15 is 0 Å². The molecule has 118 valence electrons. The van der Waals surface area contributed by atoms with Gasteiger partial charge in [0, 0.05) is 36.7 Å². The minimum Gasteiger partial charge on any atom is -0.341 e. The Morgan fingerprint density at radius 2 is 2.00 bits per heavy atom. The van der Waals surface area contributed by atoms with E-state index in [-0.39, 0.29) is 4.75 Å². The minimum atomic E-state index is 0.205. The van der Waals surface area contributed by atoms with Crippen LogP contribution in [-0.2, 0) is 0 Å². The SMILES string of the molecule is CCN(CC)c1nc(NN)nc(N2CCSC(C)(C)C2)n1. The lowest BCUT2D eigenvalue weighted by Gasteiger charge is -2.37. The maximum absolute atomic E-state index is 5.51. The van der Waals surface area contributed by atoms with Crippen LogP contribution in [0.15, 0.2) is 0 Å². The summed E-state index contributed by atoms with van der Waals surface area (Å²) in [5.41, 5.74) is 2.55. The predicted molar refractivity (Wildman–Crippen MR) is 89.9 cm³/mol. The van der Waals surface area contributed by atoms with Gasteiger partial charge in [-0.3, -0.25) is 5.43 Å². The van der Waals surface area contributed by atoms with Gasteiger partial charge >= 0.3 is 0 Å². The lowest BCUT2D eigenvalue weighted by molar-refractivity contribution is 0.633. The van der Waals surface area contributed by atoms with Gasteiger partial charge in [0.25, 0.3) is 0 Å². The molecule has 0 aromatic carbocycles. The van der Waals surface area contributed by atoms with Gasteiger partial charge in [-0.15, -0.1) is 0 Å². The second-order valence-electron chi connectivity index (χ2n) is 5.61. The molecule has 1 aromatic heterocycles. The number of anilines is 3. The van der Waals surface area contributed by atoms with Crippen LogP contribution in [0.4, 0.5) is 17.8 Å². The van der Waals surface area contributed by atoms with Crippen molar-refractivity contribution in [2.24, 2.45) is 5.84 Å². The molecule has 1 aromatic rings. The molecule has 7 nitrogen and oxygen atoms in total. The summed E-state index contributed by atoms with van der Waals surface area (Å²) < 4.78 is 0.205.